The topological polar surface area (TPSA) is 98.6 Å². The zero-order chi connectivity index (χ0) is 19.4. The van der Waals surface area contributed by atoms with E-state index >= 15 is 0 Å². The third kappa shape index (κ3) is 4.45. The molecule has 0 fully saturated rings. The van der Waals surface area contributed by atoms with Crippen molar-refractivity contribution in [2.45, 2.75) is 22.6 Å². The molecule has 0 spiro atoms. The third-order valence-corrected chi connectivity index (χ3v) is 6.49. The Morgan fingerprint density at radius 2 is 1.93 bits per heavy atom. The highest BCUT2D eigenvalue weighted by atomic mass is 35.5. The Balaban J connectivity index is 1.81. The molecule has 2 N–H and O–H groups in total. The van der Waals surface area contributed by atoms with E-state index in [0.717, 1.165) is 11.1 Å². The summed E-state index contributed by atoms with van der Waals surface area (Å²) >= 11 is 7.44. The normalized spacial score (nSPS) is 11.1. The minimum absolute atomic E-state index is 0.0414. The first-order valence-electron chi connectivity index (χ1n) is 7.85. The summed E-state index contributed by atoms with van der Waals surface area (Å²) in [5.41, 5.74) is 1.99. The number of aromatic amines is 1. The molecule has 0 saturated heterocycles. The van der Waals surface area contributed by atoms with Gasteiger partial charge in [0, 0.05) is 10.8 Å². The van der Waals surface area contributed by atoms with Gasteiger partial charge in [-0.05, 0) is 30.7 Å². The molecule has 138 valence electrons. The van der Waals surface area contributed by atoms with Gasteiger partial charge < -0.3 is 0 Å². The summed E-state index contributed by atoms with van der Waals surface area (Å²) < 4.78 is 27.4. The summed E-state index contributed by atoms with van der Waals surface area (Å²) in [6.07, 6.45) is 0. The van der Waals surface area contributed by atoms with Crippen LogP contribution in [0.1, 0.15) is 16.7 Å². The fourth-order valence-corrected chi connectivity index (χ4v) is 4.54. The number of nitriles is 1. The molecule has 1 aromatic heterocycles. The molecule has 0 aliphatic heterocycles. The van der Waals surface area contributed by atoms with Gasteiger partial charge >= 0.3 is 0 Å². The van der Waals surface area contributed by atoms with Crippen molar-refractivity contribution < 1.29 is 8.42 Å². The van der Waals surface area contributed by atoms with Crippen molar-refractivity contribution in [2.24, 2.45) is 0 Å². The number of hydrogen-bond acceptors (Lipinski definition) is 5. The second-order valence-electron chi connectivity index (χ2n) is 5.69. The van der Waals surface area contributed by atoms with E-state index in [1.807, 2.05) is 31.2 Å². The van der Waals surface area contributed by atoms with E-state index in [-0.39, 0.29) is 16.3 Å². The number of rotatable bonds is 6. The van der Waals surface area contributed by atoms with E-state index < -0.39 is 10.0 Å². The smallest absolute Gasteiger partial charge is 0.263 e. The van der Waals surface area contributed by atoms with Crippen LogP contribution in [0.5, 0.6) is 0 Å². The fraction of sp³-hybridized carbons (Fsp3) is 0.111. The van der Waals surface area contributed by atoms with Gasteiger partial charge in [0.2, 0.25) is 0 Å². The van der Waals surface area contributed by atoms with Crippen LogP contribution in [0.15, 0.2) is 58.5 Å². The van der Waals surface area contributed by atoms with Crippen LogP contribution in [-0.4, -0.2) is 18.6 Å². The predicted octanol–water partition coefficient (Wildman–Crippen LogP) is 4.34. The Morgan fingerprint density at radius 1 is 1.22 bits per heavy atom. The number of nitrogens with zero attached hydrogens (tertiary/aromatic N) is 2. The Hall–Kier alpha value is -2.47. The van der Waals surface area contributed by atoms with Crippen molar-refractivity contribution in [2.75, 3.05) is 4.72 Å². The SMILES string of the molecule is Cc1ccc(S(=O)(=O)Nc2[nH]nc(SCc3ccccc3Cl)c2C#N)cc1. The number of nitrogens with one attached hydrogen (secondary N) is 2. The number of benzene rings is 2. The molecule has 1 heterocycles. The molecule has 0 aliphatic rings. The van der Waals surface area contributed by atoms with Crippen molar-refractivity contribution in [3.8, 4) is 6.07 Å². The lowest BCUT2D eigenvalue weighted by Gasteiger charge is -2.07. The Bertz CT molecular complexity index is 1100. The lowest BCUT2D eigenvalue weighted by molar-refractivity contribution is 0.601. The summed E-state index contributed by atoms with van der Waals surface area (Å²) in [7, 11) is -3.83. The number of aryl methyl sites for hydroxylation is 1. The Labute approximate surface area is 166 Å². The van der Waals surface area contributed by atoms with Gasteiger partial charge in [-0.2, -0.15) is 10.4 Å². The maximum Gasteiger partial charge on any atom is 0.263 e. The summed E-state index contributed by atoms with van der Waals surface area (Å²) in [5.74, 6) is 0.545. The third-order valence-electron chi connectivity index (χ3n) is 3.73. The van der Waals surface area contributed by atoms with Gasteiger partial charge in [0.05, 0.1) is 4.90 Å². The molecule has 0 saturated carbocycles. The summed E-state index contributed by atoms with van der Waals surface area (Å²) in [5, 5.41) is 17.2. The van der Waals surface area contributed by atoms with E-state index in [2.05, 4.69) is 14.9 Å². The van der Waals surface area contributed by atoms with E-state index in [1.165, 1.54) is 23.9 Å². The molecule has 0 atom stereocenters. The minimum Gasteiger partial charge on any atom is -0.263 e. The first-order chi connectivity index (χ1) is 12.9. The number of halogens is 1. The van der Waals surface area contributed by atoms with Gasteiger partial charge in [-0.1, -0.05) is 59.3 Å². The van der Waals surface area contributed by atoms with Crippen molar-refractivity contribution in [3.63, 3.8) is 0 Å². The van der Waals surface area contributed by atoms with Gasteiger partial charge in [0.25, 0.3) is 10.0 Å². The number of thioether (sulfide) groups is 1. The standard InChI is InChI=1S/C18H15ClN4O2S2/c1-12-6-8-14(9-7-12)27(24,25)23-17-15(10-20)18(22-21-17)26-11-13-4-2-3-5-16(13)19/h2-9H,11H2,1H3,(H2,21,22,23). The second kappa shape index (κ2) is 8.05. The number of aromatic nitrogens is 2. The first-order valence-corrected chi connectivity index (χ1v) is 10.7. The van der Waals surface area contributed by atoms with Crippen LogP contribution in [-0.2, 0) is 15.8 Å². The number of sulfonamides is 1. The molecule has 0 amide bonds. The largest absolute Gasteiger partial charge is 0.263 e. The molecule has 3 aromatic rings. The van der Waals surface area contributed by atoms with Gasteiger partial charge in [-0.25, -0.2) is 8.42 Å². The van der Waals surface area contributed by atoms with Gasteiger partial charge in [-0.15, -0.1) is 0 Å². The lowest BCUT2D eigenvalue weighted by atomic mass is 10.2. The fourth-order valence-electron chi connectivity index (χ4n) is 2.28. The summed E-state index contributed by atoms with van der Waals surface area (Å²) in [6.45, 7) is 1.87. The maximum atomic E-state index is 12.5. The highest BCUT2D eigenvalue weighted by molar-refractivity contribution is 7.98. The van der Waals surface area contributed by atoms with E-state index in [1.54, 1.807) is 18.2 Å². The van der Waals surface area contributed by atoms with Crippen molar-refractivity contribution in [1.82, 2.24) is 10.2 Å². The zero-order valence-corrected chi connectivity index (χ0v) is 16.6. The van der Waals surface area contributed by atoms with Crippen LogP contribution in [0.2, 0.25) is 5.02 Å². The second-order valence-corrected chi connectivity index (χ2v) is 8.74. The number of anilines is 1. The van der Waals surface area contributed by atoms with Crippen LogP contribution in [0.3, 0.4) is 0 Å². The van der Waals surface area contributed by atoms with Crippen LogP contribution in [0.4, 0.5) is 5.82 Å². The Kier molecular flexibility index (Phi) is 5.75. The first kappa shape index (κ1) is 19.3. The van der Waals surface area contributed by atoms with Crippen molar-refractivity contribution in [1.29, 1.82) is 5.26 Å². The van der Waals surface area contributed by atoms with Gasteiger partial charge in [-0.3, -0.25) is 9.82 Å². The van der Waals surface area contributed by atoms with Crippen LogP contribution in [0, 0.1) is 18.3 Å². The average Bonchev–Trinajstić information content (AvgIpc) is 3.02. The molecule has 6 nitrogen and oxygen atoms in total. The van der Waals surface area contributed by atoms with E-state index in [0.29, 0.717) is 15.8 Å². The van der Waals surface area contributed by atoms with Crippen molar-refractivity contribution >= 4 is 39.2 Å². The summed E-state index contributed by atoms with van der Waals surface area (Å²) in [4.78, 5) is 0.108. The quantitative estimate of drug-likeness (QED) is 0.580. The molecule has 0 radical (unpaired) electrons. The summed E-state index contributed by atoms with van der Waals surface area (Å²) in [6, 6.07) is 15.8. The Morgan fingerprint density at radius 3 is 2.59 bits per heavy atom. The van der Waals surface area contributed by atoms with Crippen LogP contribution < -0.4 is 4.72 Å². The van der Waals surface area contributed by atoms with Crippen LogP contribution >= 0.6 is 23.4 Å². The molecule has 3 rings (SSSR count). The highest BCUT2D eigenvalue weighted by Crippen LogP contribution is 2.31. The molecular weight excluding hydrogens is 404 g/mol. The van der Waals surface area contributed by atoms with E-state index in [4.69, 9.17) is 11.6 Å². The maximum absolute atomic E-state index is 12.5. The van der Waals surface area contributed by atoms with Gasteiger partial charge in [0.1, 0.15) is 16.7 Å². The monoisotopic (exact) mass is 418 g/mol. The number of hydrogen-bond donors (Lipinski definition) is 2. The lowest BCUT2D eigenvalue weighted by Crippen LogP contribution is -2.14. The number of H-pyrrole nitrogens is 1. The minimum atomic E-state index is -3.83. The molecule has 27 heavy (non-hydrogen) atoms. The molecule has 0 bridgehead atoms. The van der Waals surface area contributed by atoms with Gasteiger partial charge in [0.15, 0.2) is 5.82 Å². The van der Waals surface area contributed by atoms with Crippen LogP contribution in [0.25, 0.3) is 0 Å². The molecular formula is C18H15ClN4O2S2. The predicted molar refractivity (Wildman–Crippen MR) is 106 cm³/mol. The average molecular weight is 419 g/mol. The zero-order valence-electron chi connectivity index (χ0n) is 14.2. The van der Waals surface area contributed by atoms with Crippen molar-refractivity contribution in [3.05, 3.63) is 70.2 Å². The van der Waals surface area contributed by atoms with E-state index in [9.17, 15) is 13.7 Å². The molecule has 0 aliphatic carbocycles. The molecule has 2 aromatic carbocycles. The molecule has 9 heteroatoms. The molecule has 0 unspecified atom stereocenters. The highest BCUT2D eigenvalue weighted by Gasteiger charge is 2.20.